The van der Waals surface area contributed by atoms with Crippen molar-refractivity contribution in [1.29, 1.82) is 0 Å². The van der Waals surface area contributed by atoms with Crippen LogP contribution in [-0.4, -0.2) is 60.0 Å². The quantitative estimate of drug-likeness (QED) is 0.714. The van der Waals surface area contributed by atoms with Crippen molar-refractivity contribution in [3.05, 3.63) is 0 Å². The minimum atomic E-state index is -1.30. The van der Waals surface area contributed by atoms with E-state index in [-0.39, 0.29) is 25.6 Å². The second kappa shape index (κ2) is 5.97. The van der Waals surface area contributed by atoms with Crippen LogP contribution in [0.5, 0.6) is 0 Å². The van der Waals surface area contributed by atoms with E-state index in [4.69, 9.17) is 20.3 Å². The predicted molar refractivity (Wildman–Crippen MR) is 71.9 cm³/mol. The number of carbonyl (C=O) groups excluding carboxylic acids is 2. The van der Waals surface area contributed by atoms with Crippen molar-refractivity contribution in [3.8, 4) is 0 Å². The molecule has 7 heteroatoms. The maximum atomic E-state index is 12.0. The van der Waals surface area contributed by atoms with E-state index in [1.54, 1.807) is 20.8 Å². The molecule has 0 spiro atoms. The van der Waals surface area contributed by atoms with E-state index in [0.29, 0.717) is 6.42 Å². The number of methoxy groups -OCH3 is 1. The Balaban J connectivity index is 2.85. The number of nitrogens with zero attached hydrogens (tertiary/aromatic N) is 1. The van der Waals surface area contributed by atoms with Gasteiger partial charge in [0.15, 0.2) is 0 Å². The van der Waals surface area contributed by atoms with Crippen LogP contribution in [0, 0.1) is 5.92 Å². The van der Waals surface area contributed by atoms with Crippen LogP contribution in [0.25, 0.3) is 0 Å². The molecular formula is C13H24N2O5. The van der Waals surface area contributed by atoms with Gasteiger partial charge in [0.25, 0.3) is 0 Å². The van der Waals surface area contributed by atoms with Crippen LogP contribution in [0.1, 0.15) is 27.2 Å². The fraction of sp³-hybridized carbons (Fsp3) is 0.846. The zero-order valence-corrected chi connectivity index (χ0v) is 12.5. The zero-order chi connectivity index (χ0) is 15.6. The lowest BCUT2D eigenvalue weighted by Crippen LogP contribution is -2.56. The number of nitrogens with two attached hydrogens (primary N) is 1. The van der Waals surface area contributed by atoms with Gasteiger partial charge in [-0.1, -0.05) is 0 Å². The van der Waals surface area contributed by atoms with Crippen LogP contribution in [0.4, 0.5) is 4.79 Å². The number of rotatable bonds is 3. The minimum Gasteiger partial charge on any atom is -0.468 e. The first-order valence-corrected chi connectivity index (χ1v) is 6.60. The molecule has 0 aromatic rings. The SMILES string of the molecule is COC(=O)[C@]1(N)CN(C(=O)OC(C)(C)C)C[C@@H]1CCO. The lowest BCUT2D eigenvalue weighted by molar-refractivity contribution is -0.148. The first-order chi connectivity index (χ1) is 9.14. The summed E-state index contributed by atoms with van der Waals surface area (Å²) in [5.41, 5.74) is 4.19. The highest BCUT2D eigenvalue weighted by Crippen LogP contribution is 2.30. The zero-order valence-electron chi connectivity index (χ0n) is 12.5. The highest BCUT2D eigenvalue weighted by Gasteiger charge is 2.51. The topological polar surface area (TPSA) is 102 Å². The number of hydrogen-bond acceptors (Lipinski definition) is 6. The molecule has 1 aliphatic heterocycles. The van der Waals surface area contributed by atoms with Gasteiger partial charge in [0.1, 0.15) is 11.1 Å². The average Bonchev–Trinajstić information content (AvgIpc) is 2.66. The number of hydrogen-bond donors (Lipinski definition) is 2. The second-order valence-electron chi connectivity index (χ2n) is 6.10. The molecule has 0 saturated carbocycles. The van der Waals surface area contributed by atoms with Gasteiger partial charge in [-0.25, -0.2) is 9.59 Å². The lowest BCUT2D eigenvalue weighted by atomic mass is 9.86. The Bertz CT molecular complexity index is 379. The van der Waals surface area contributed by atoms with Crippen molar-refractivity contribution in [2.24, 2.45) is 11.7 Å². The van der Waals surface area contributed by atoms with Crippen LogP contribution >= 0.6 is 0 Å². The van der Waals surface area contributed by atoms with Crippen molar-refractivity contribution in [2.75, 3.05) is 26.8 Å². The Morgan fingerprint density at radius 3 is 2.50 bits per heavy atom. The van der Waals surface area contributed by atoms with Crippen molar-refractivity contribution in [2.45, 2.75) is 38.3 Å². The van der Waals surface area contributed by atoms with Gasteiger partial charge < -0.3 is 25.2 Å². The molecule has 0 aliphatic carbocycles. The average molecular weight is 288 g/mol. The Morgan fingerprint density at radius 2 is 2.05 bits per heavy atom. The molecule has 1 saturated heterocycles. The maximum absolute atomic E-state index is 12.0. The van der Waals surface area contributed by atoms with Gasteiger partial charge in [-0.05, 0) is 27.2 Å². The summed E-state index contributed by atoms with van der Waals surface area (Å²) in [5, 5.41) is 9.08. The number of amides is 1. The summed E-state index contributed by atoms with van der Waals surface area (Å²) < 4.78 is 9.99. The minimum absolute atomic E-state index is 0.0270. The fourth-order valence-corrected chi connectivity index (χ4v) is 2.33. The molecule has 0 bridgehead atoms. The van der Waals surface area contributed by atoms with Crippen LogP contribution < -0.4 is 5.73 Å². The third-order valence-corrected chi connectivity index (χ3v) is 3.32. The number of likely N-dealkylation sites (tertiary alicyclic amines) is 1. The maximum Gasteiger partial charge on any atom is 0.410 e. The van der Waals surface area contributed by atoms with Crippen molar-refractivity contribution in [1.82, 2.24) is 4.90 Å². The monoisotopic (exact) mass is 288 g/mol. The Hall–Kier alpha value is -1.34. The van der Waals surface area contributed by atoms with Crippen molar-refractivity contribution < 1.29 is 24.2 Å². The number of aliphatic hydroxyl groups is 1. The number of esters is 1. The van der Waals surface area contributed by atoms with Gasteiger partial charge in [-0.2, -0.15) is 0 Å². The van der Waals surface area contributed by atoms with Crippen LogP contribution in [0.2, 0.25) is 0 Å². The largest absolute Gasteiger partial charge is 0.468 e. The van der Waals surface area contributed by atoms with Crippen molar-refractivity contribution >= 4 is 12.1 Å². The Morgan fingerprint density at radius 1 is 1.45 bits per heavy atom. The molecule has 116 valence electrons. The van der Waals surface area contributed by atoms with Crippen LogP contribution in [0.15, 0.2) is 0 Å². The summed E-state index contributed by atoms with van der Waals surface area (Å²) in [5.74, 6) is -0.936. The highest BCUT2D eigenvalue weighted by molar-refractivity contribution is 5.83. The molecule has 2 atom stereocenters. The van der Waals surface area contributed by atoms with E-state index in [9.17, 15) is 9.59 Å². The van der Waals surface area contributed by atoms with Gasteiger partial charge in [0.2, 0.25) is 0 Å². The molecule has 0 aromatic heterocycles. The molecule has 0 aromatic carbocycles. The van der Waals surface area contributed by atoms with E-state index in [0.717, 1.165) is 0 Å². The highest BCUT2D eigenvalue weighted by atomic mass is 16.6. The van der Waals surface area contributed by atoms with Gasteiger partial charge in [-0.3, -0.25) is 0 Å². The summed E-state index contributed by atoms with van der Waals surface area (Å²) >= 11 is 0. The third kappa shape index (κ3) is 3.61. The summed E-state index contributed by atoms with van der Waals surface area (Å²) in [6.45, 7) is 5.48. The third-order valence-electron chi connectivity index (χ3n) is 3.32. The Kier molecular flexibility index (Phi) is 4.99. The lowest BCUT2D eigenvalue weighted by Gasteiger charge is -2.27. The predicted octanol–water partition coefficient (Wildman–Crippen LogP) is 0.106. The van der Waals surface area contributed by atoms with Gasteiger partial charge >= 0.3 is 12.1 Å². The molecule has 3 N–H and O–H groups in total. The molecule has 1 heterocycles. The molecule has 1 amide bonds. The summed E-state index contributed by atoms with van der Waals surface area (Å²) in [6, 6.07) is 0. The number of ether oxygens (including phenoxy) is 2. The normalized spacial score (nSPS) is 26.5. The van der Waals surface area contributed by atoms with E-state index >= 15 is 0 Å². The molecule has 1 fully saturated rings. The number of aliphatic hydroxyl groups excluding tert-OH is 1. The Labute approximate surface area is 119 Å². The van der Waals surface area contributed by atoms with E-state index in [1.807, 2.05) is 0 Å². The molecular weight excluding hydrogens is 264 g/mol. The van der Waals surface area contributed by atoms with Gasteiger partial charge in [0.05, 0.1) is 13.7 Å². The fourth-order valence-electron chi connectivity index (χ4n) is 2.33. The molecule has 1 aliphatic rings. The molecule has 1 rings (SSSR count). The molecule has 20 heavy (non-hydrogen) atoms. The summed E-state index contributed by atoms with van der Waals surface area (Å²) in [4.78, 5) is 25.3. The molecule has 7 nitrogen and oxygen atoms in total. The standard InChI is InChI=1S/C13H24N2O5/c1-12(2,3)20-11(18)15-7-9(5-6-16)13(14,8-15)10(17)19-4/h9,16H,5-8,14H2,1-4H3/t9-,13-/m0/s1. The van der Waals surface area contributed by atoms with Crippen LogP contribution in [0.3, 0.4) is 0 Å². The van der Waals surface area contributed by atoms with E-state index in [1.165, 1.54) is 12.0 Å². The van der Waals surface area contributed by atoms with Gasteiger partial charge in [0, 0.05) is 19.1 Å². The van der Waals surface area contributed by atoms with Gasteiger partial charge in [-0.15, -0.1) is 0 Å². The smallest absolute Gasteiger partial charge is 0.410 e. The summed E-state index contributed by atoms with van der Waals surface area (Å²) in [6.07, 6.45) is -0.193. The first kappa shape index (κ1) is 16.7. The van der Waals surface area contributed by atoms with E-state index in [2.05, 4.69) is 0 Å². The number of carbonyl (C=O) groups is 2. The summed E-state index contributed by atoms with van der Waals surface area (Å²) in [7, 11) is 1.25. The van der Waals surface area contributed by atoms with E-state index < -0.39 is 23.2 Å². The second-order valence-corrected chi connectivity index (χ2v) is 6.10. The van der Waals surface area contributed by atoms with Crippen molar-refractivity contribution in [3.63, 3.8) is 0 Å². The van der Waals surface area contributed by atoms with Crippen LogP contribution in [-0.2, 0) is 14.3 Å². The first-order valence-electron chi connectivity index (χ1n) is 6.60. The molecule has 0 radical (unpaired) electrons. The molecule has 0 unspecified atom stereocenters.